The number of β-amino-alcohol motifs (C(OH)–C–C–N with tert-alkyl or cyclic N) is 1. The van der Waals surface area contributed by atoms with Crippen molar-refractivity contribution in [2.75, 3.05) is 26.2 Å². The van der Waals surface area contributed by atoms with Crippen LogP contribution in [0.15, 0.2) is 4.52 Å². The van der Waals surface area contributed by atoms with E-state index in [2.05, 4.69) is 26.9 Å². The fourth-order valence-electron chi connectivity index (χ4n) is 2.85. The van der Waals surface area contributed by atoms with Crippen LogP contribution < -0.4 is 0 Å². The van der Waals surface area contributed by atoms with Crippen molar-refractivity contribution in [1.82, 2.24) is 19.9 Å². The van der Waals surface area contributed by atoms with Crippen LogP contribution >= 0.6 is 0 Å². The molecule has 2 unspecified atom stereocenters. The van der Waals surface area contributed by atoms with Crippen molar-refractivity contribution in [2.45, 2.75) is 51.3 Å². The van der Waals surface area contributed by atoms with Crippen LogP contribution in [-0.2, 0) is 6.54 Å². The van der Waals surface area contributed by atoms with Gasteiger partial charge in [-0.15, -0.1) is 0 Å². The summed E-state index contributed by atoms with van der Waals surface area (Å²) < 4.78 is 5.30. The maximum atomic E-state index is 9.50. The van der Waals surface area contributed by atoms with E-state index >= 15 is 0 Å². The van der Waals surface area contributed by atoms with E-state index in [0.717, 1.165) is 44.4 Å². The fraction of sp³-hybridized carbons (Fsp3) is 0.857. The van der Waals surface area contributed by atoms with E-state index in [1.807, 2.05) is 6.92 Å². The number of aliphatic hydroxyl groups is 1. The van der Waals surface area contributed by atoms with E-state index in [0.29, 0.717) is 12.0 Å². The first-order valence-corrected chi connectivity index (χ1v) is 7.58. The average Bonchev–Trinajstić information content (AvgIpc) is 3.14. The van der Waals surface area contributed by atoms with Crippen LogP contribution in [0.2, 0.25) is 0 Å². The monoisotopic (exact) mass is 280 g/mol. The molecule has 1 aromatic heterocycles. The van der Waals surface area contributed by atoms with E-state index in [9.17, 15) is 5.11 Å². The van der Waals surface area contributed by atoms with Crippen molar-refractivity contribution in [3.63, 3.8) is 0 Å². The number of hydrogen-bond acceptors (Lipinski definition) is 6. The topological polar surface area (TPSA) is 65.6 Å². The fourth-order valence-corrected chi connectivity index (χ4v) is 2.85. The number of nitrogens with zero attached hydrogens (tertiary/aromatic N) is 4. The zero-order chi connectivity index (χ0) is 14.1. The maximum Gasteiger partial charge on any atom is 0.229 e. The second kappa shape index (κ2) is 5.79. The zero-order valence-corrected chi connectivity index (χ0v) is 12.3. The molecule has 1 aliphatic carbocycles. The Kier molecular flexibility index (Phi) is 4.05. The van der Waals surface area contributed by atoms with Gasteiger partial charge in [0.15, 0.2) is 5.82 Å². The van der Waals surface area contributed by atoms with Gasteiger partial charge in [-0.3, -0.25) is 9.80 Å². The van der Waals surface area contributed by atoms with Crippen LogP contribution in [0, 0.1) is 0 Å². The van der Waals surface area contributed by atoms with Gasteiger partial charge in [-0.25, -0.2) is 0 Å². The lowest BCUT2D eigenvalue weighted by molar-refractivity contribution is 0.0411. The molecule has 20 heavy (non-hydrogen) atoms. The molecule has 2 aliphatic rings. The largest absolute Gasteiger partial charge is 0.392 e. The summed E-state index contributed by atoms with van der Waals surface area (Å²) in [5, 5.41) is 13.6. The van der Waals surface area contributed by atoms with Crippen LogP contribution in [0.5, 0.6) is 0 Å². The second-order valence-electron chi connectivity index (χ2n) is 6.25. The molecule has 1 saturated heterocycles. The lowest BCUT2D eigenvalue weighted by Crippen LogP contribution is -2.53. The Morgan fingerprint density at radius 1 is 1.40 bits per heavy atom. The van der Waals surface area contributed by atoms with Gasteiger partial charge in [-0.1, -0.05) is 5.16 Å². The predicted octanol–water partition coefficient (Wildman–Crippen LogP) is 0.834. The van der Waals surface area contributed by atoms with Crippen molar-refractivity contribution in [3.05, 3.63) is 11.7 Å². The minimum Gasteiger partial charge on any atom is -0.392 e. The highest BCUT2D eigenvalue weighted by molar-refractivity contribution is 5.01. The summed E-state index contributed by atoms with van der Waals surface area (Å²) in [7, 11) is 0. The molecule has 0 radical (unpaired) electrons. The Morgan fingerprint density at radius 2 is 2.20 bits per heavy atom. The Bertz CT molecular complexity index is 444. The highest BCUT2D eigenvalue weighted by Gasteiger charge is 2.30. The molecule has 1 aromatic rings. The SMILES string of the molecule is CC(O)CN1CCN(Cc2noc(C3CC3)n2)CC1C. The Hall–Kier alpha value is -0.980. The number of aromatic nitrogens is 2. The van der Waals surface area contributed by atoms with Gasteiger partial charge in [0.25, 0.3) is 0 Å². The maximum absolute atomic E-state index is 9.50. The molecular weight excluding hydrogens is 256 g/mol. The molecule has 1 N–H and O–H groups in total. The third-order valence-corrected chi connectivity index (χ3v) is 4.12. The normalized spacial score (nSPS) is 26.9. The quantitative estimate of drug-likeness (QED) is 0.862. The highest BCUT2D eigenvalue weighted by Crippen LogP contribution is 2.38. The smallest absolute Gasteiger partial charge is 0.229 e. The van der Waals surface area contributed by atoms with E-state index in [-0.39, 0.29) is 6.10 Å². The molecule has 6 heteroatoms. The first kappa shape index (κ1) is 14.0. The summed E-state index contributed by atoms with van der Waals surface area (Å²) >= 11 is 0. The summed E-state index contributed by atoms with van der Waals surface area (Å²) in [6.07, 6.45) is 2.12. The standard InChI is InChI=1S/C14H24N4O2/c1-10-7-17(5-6-18(10)8-11(2)19)9-13-15-14(20-16-13)12-3-4-12/h10-12,19H,3-9H2,1-2H3. The van der Waals surface area contributed by atoms with Gasteiger partial charge < -0.3 is 9.63 Å². The third kappa shape index (κ3) is 3.37. The molecule has 0 spiro atoms. The van der Waals surface area contributed by atoms with Gasteiger partial charge in [-0.05, 0) is 26.7 Å². The predicted molar refractivity (Wildman–Crippen MR) is 74.3 cm³/mol. The van der Waals surface area contributed by atoms with Crippen molar-refractivity contribution in [1.29, 1.82) is 0 Å². The van der Waals surface area contributed by atoms with Crippen LogP contribution in [0.3, 0.4) is 0 Å². The minimum atomic E-state index is -0.262. The molecule has 2 fully saturated rings. The lowest BCUT2D eigenvalue weighted by Gasteiger charge is -2.39. The first-order chi connectivity index (χ1) is 9.61. The van der Waals surface area contributed by atoms with Gasteiger partial charge in [0.05, 0.1) is 12.6 Å². The number of aliphatic hydroxyl groups excluding tert-OH is 1. The van der Waals surface area contributed by atoms with E-state index < -0.39 is 0 Å². The molecule has 0 aromatic carbocycles. The van der Waals surface area contributed by atoms with Crippen LogP contribution in [0.4, 0.5) is 0 Å². The summed E-state index contributed by atoms with van der Waals surface area (Å²) in [5.41, 5.74) is 0. The van der Waals surface area contributed by atoms with Crippen molar-refractivity contribution < 1.29 is 9.63 Å². The van der Waals surface area contributed by atoms with E-state index in [1.54, 1.807) is 0 Å². The molecule has 2 heterocycles. The van der Waals surface area contributed by atoms with E-state index in [4.69, 9.17) is 4.52 Å². The Morgan fingerprint density at radius 3 is 2.85 bits per heavy atom. The van der Waals surface area contributed by atoms with Gasteiger partial charge in [0.2, 0.25) is 5.89 Å². The average molecular weight is 280 g/mol. The van der Waals surface area contributed by atoms with Gasteiger partial charge in [0, 0.05) is 38.1 Å². The van der Waals surface area contributed by atoms with E-state index in [1.165, 1.54) is 12.8 Å². The second-order valence-corrected chi connectivity index (χ2v) is 6.25. The lowest BCUT2D eigenvalue weighted by atomic mass is 10.1. The van der Waals surface area contributed by atoms with Gasteiger partial charge >= 0.3 is 0 Å². The summed E-state index contributed by atoms with van der Waals surface area (Å²) in [4.78, 5) is 9.19. The minimum absolute atomic E-state index is 0.262. The van der Waals surface area contributed by atoms with Crippen LogP contribution in [0.1, 0.15) is 44.3 Å². The molecule has 3 rings (SSSR count). The van der Waals surface area contributed by atoms with Crippen molar-refractivity contribution in [2.24, 2.45) is 0 Å². The zero-order valence-electron chi connectivity index (χ0n) is 12.3. The molecular formula is C14H24N4O2. The summed E-state index contributed by atoms with van der Waals surface area (Å²) in [5.74, 6) is 2.15. The molecule has 6 nitrogen and oxygen atoms in total. The van der Waals surface area contributed by atoms with Crippen molar-refractivity contribution >= 4 is 0 Å². The first-order valence-electron chi connectivity index (χ1n) is 7.58. The molecule has 112 valence electrons. The molecule has 0 bridgehead atoms. The van der Waals surface area contributed by atoms with Crippen LogP contribution in [0.25, 0.3) is 0 Å². The van der Waals surface area contributed by atoms with Gasteiger partial charge in [0.1, 0.15) is 0 Å². The molecule has 1 aliphatic heterocycles. The Labute approximate surface area is 119 Å². The molecule has 2 atom stereocenters. The highest BCUT2D eigenvalue weighted by atomic mass is 16.5. The summed E-state index contributed by atoms with van der Waals surface area (Å²) in [6.45, 7) is 8.54. The molecule has 1 saturated carbocycles. The Balaban J connectivity index is 1.51. The number of hydrogen-bond donors (Lipinski definition) is 1. The van der Waals surface area contributed by atoms with Crippen LogP contribution in [-0.4, -0.2) is 63.4 Å². The molecule has 0 amide bonds. The third-order valence-electron chi connectivity index (χ3n) is 4.12. The number of piperazine rings is 1. The van der Waals surface area contributed by atoms with Crippen molar-refractivity contribution in [3.8, 4) is 0 Å². The number of rotatable bonds is 5. The van der Waals surface area contributed by atoms with Gasteiger partial charge in [-0.2, -0.15) is 4.98 Å². The summed E-state index contributed by atoms with van der Waals surface area (Å²) in [6, 6.07) is 0.452.